The van der Waals surface area contributed by atoms with Gasteiger partial charge in [-0.25, -0.2) is 0 Å². The first-order valence-electron chi connectivity index (χ1n) is 22.3. The summed E-state index contributed by atoms with van der Waals surface area (Å²) in [4.78, 5) is 4.80. The van der Waals surface area contributed by atoms with Gasteiger partial charge in [-0.3, -0.25) is 4.98 Å². The molecule has 0 fully saturated rings. The molecule has 0 aliphatic rings. The first-order valence-corrected chi connectivity index (χ1v) is 22.3. The Morgan fingerprint density at radius 3 is 1.63 bits per heavy atom. The highest BCUT2D eigenvalue weighted by Crippen LogP contribution is 2.47. The molecule has 5 heterocycles. The van der Waals surface area contributed by atoms with Gasteiger partial charge in [0, 0.05) is 66.0 Å². The maximum atomic E-state index is 6.56. The minimum atomic E-state index is -0.317. The summed E-state index contributed by atoms with van der Waals surface area (Å²) in [7, 11) is 0. The van der Waals surface area contributed by atoms with Gasteiger partial charge in [-0.05, 0) is 104 Å². The minimum absolute atomic E-state index is 0.274. The lowest BCUT2D eigenvalue weighted by atomic mass is 9.83. The van der Waals surface area contributed by atoms with Gasteiger partial charge in [0.05, 0.1) is 27.8 Å². The number of pyridine rings is 1. The molecular weight excluding hydrogens is 757 g/mol. The molecular formula is C57H48N4O. The maximum Gasteiger partial charge on any atom is 0.177 e. The van der Waals surface area contributed by atoms with Crippen LogP contribution in [0, 0.1) is 0 Å². The standard InChI is InChI=1S/C57H48N4O/c1-5-33-56(4,60-48-24-14-9-18-39(48)40-19-10-15-25-49(40)60)37-28-31-51-45(35-37)42-21-11-16-26-50(42)61(51)57(6-2,7-3)38-29-30-47-44(36-38)41-20-8-13-23-46(41)59(47)52-32-34-58-54-43-22-12-17-27-53(43)62-55(52)54/h8-32,34-36H,5-7,33H2,1-4H3. The highest BCUT2D eigenvalue weighted by molar-refractivity contribution is 6.13. The van der Waals surface area contributed by atoms with Crippen molar-refractivity contribution in [2.24, 2.45) is 0 Å². The highest BCUT2D eigenvalue weighted by atomic mass is 16.3. The first kappa shape index (κ1) is 36.7. The van der Waals surface area contributed by atoms with Crippen LogP contribution in [0.2, 0.25) is 0 Å². The van der Waals surface area contributed by atoms with Gasteiger partial charge in [0.15, 0.2) is 5.58 Å². The van der Waals surface area contributed by atoms with E-state index < -0.39 is 0 Å². The molecule has 302 valence electrons. The molecule has 0 radical (unpaired) electrons. The molecule has 12 rings (SSSR count). The monoisotopic (exact) mass is 804 g/mol. The van der Waals surface area contributed by atoms with Crippen LogP contribution in [-0.2, 0) is 11.1 Å². The average molecular weight is 805 g/mol. The smallest absolute Gasteiger partial charge is 0.177 e. The number of hydrogen-bond donors (Lipinski definition) is 0. The third-order valence-electron chi connectivity index (χ3n) is 14.4. The highest BCUT2D eigenvalue weighted by Gasteiger charge is 2.36. The number of furan rings is 1. The van der Waals surface area contributed by atoms with Crippen LogP contribution in [-0.4, -0.2) is 18.7 Å². The Morgan fingerprint density at radius 1 is 0.484 bits per heavy atom. The van der Waals surface area contributed by atoms with Crippen molar-refractivity contribution in [2.75, 3.05) is 0 Å². The van der Waals surface area contributed by atoms with Crippen molar-refractivity contribution in [3.8, 4) is 5.69 Å². The van der Waals surface area contributed by atoms with E-state index >= 15 is 0 Å². The number of aromatic nitrogens is 4. The van der Waals surface area contributed by atoms with E-state index in [2.05, 4.69) is 187 Å². The summed E-state index contributed by atoms with van der Waals surface area (Å²) >= 11 is 0. The molecule has 1 unspecified atom stereocenters. The molecule has 0 spiro atoms. The van der Waals surface area contributed by atoms with E-state index in [1.54, 1.807) is 0 Å². The van der Waals surface area contributed by atoms with Crippen molar-refractivity contribution >= 4 is 87.5 Å². The zero-order valence-electron chi connectivity index (χ0n) is 35.7. The van der Waals surface area contributed by atoms with E-state index in [0.29, 0.717) is 0 Å². The third kappa shape index (κ3) is 4.93. The van der Waals surface area contributed by atoms with Crippen LogP contribution in [0.5, 0.6) is 0 Å². The minimum Gasteiger partial charge on any atom is -0.452 e. The SMILES string of the molecule is CCCC(C)(c1ccc2c(c1)c1ccccc1n2C(CC)(CC)c1ccc2c(c1)c1ccccc1n2-c1ccnc2c1oc1ccccc12)n1c2ccccc2c2ccccc21. The Balaban J connectivity index is 1.07. The Hall–Kier alpha value is -7.11. The number of benzene rings is 7. The van der Waals surface area contributed by atoms with E-state index in [0.717, 1.165) is 64.5 Å². The lowest BCUT2D eigenvalue weighted by molar-refractivity contribution is 0.349. The average Bonchev–Trinajstić information content (AvgIpc) is 4.07. The summed E-state index contributed by atoms with van der Waals surface area (Å²) in [5, 5.41) is 8.70. The molecule has 0 N–H and O–H groups in total. The molecule has 0 saturated carbocycles. The molecule has 0 aliphatic carbocycles. The zero-order valence-corrected chi connectivity index (χ0v) is 35.7. The predicted octanol–water partition coefficient (Wildman–Crippen LogP) is 15.4. The molecule has 0 amide bonds. The molecule has 5 nitrogen and oxygen atoms in total. The van der Waals surface area contributed by atoms with E-state index in [9.17, 15) is 0 Å². The quantitative estimate of drug-likeness (QED) is 0.146. The predicted molar refractivity (Wildman–Crippen MR) is 260 cm³/mol. The lowest BCUT2D eigenvalue weighted by Crippen LogP contribution is -2.33. The van der Waals surface area contributed by atoms with Crippen molar-refractivity contribution in [3.63, 3.8) is 0 Å². The van der Waals surface area contributed by atoms with Gasteiger partial charge >= 0.3 is 0 Å². The number of hydrogen-bond acceptors (Lipinski definition) is 2. The first-order chi connectivity index (χ1) is 30.5. The van der Waals surface area contributed by atoms with Crippen LogP contribution in [0.25, 0.3) is 93.2 Å². The van der Waals surface area contributed by atoms with Crippen LogP contribution in [0.3, 0.4) is 0 Å². The Kier molecular flexibility index (Phi) is 8.11. The molecule has 0 aliphatic heterocycles. The van der Waals surface area contributed by atoms with Gasteiger partial charge in [0.25, 0.3) is 0 Å². The van der Waals surface area contributed by atoms with Crippen molar-refractivity contribution in [1.82, 2.24) is 18.7 Å². The van der Waals surface area contributed by atoms with Gasteiger partial charge in [0.2, 0.25) is 0 Å². The van der Waals surface area contributed by atoms with E-state index in [1.807, 2.05) is 24.4 Å². The number of para-hydroxylation sites is 5. The summed E-state index contributed by atoms with van der Waals surface area (Å²) in [5.41, 5.74) is 13.0. The molecule has 5 aromatic heterocycles. The van der Waals surface area contributed by atoms with Gasteiger partial charge in [-0.15, -0.1) is 0 Å². The number of rotatable bonds is 9. The second kappa shape index (κ2) is 13.7. The van der Waals surface area contributed by atoms with Crippen LogP contribution >= 0.6 is 0 Å². The third-order valence-corrected chi connectivity index (χ3v) is 14.4. The van der Waals surface area contributed by atoms with Gasteiger partial charge < -0.3 is 18.1 Å². The molecule has 0 bridgehead atoms. The summed E-state index contributed by atoms with van der Waals surface area (Å²) in [6.07, 6.45) is 5.86. The fourth-order valence-corrected chi connectivity index (χ4v) is 11.5. The maximum absolute atomic E-state index is 6.56. The second-order valence-corrected chi connectivity index (χ2v) is 17.4. The summed E-state index contributed by atoms with van der Waals surface area (Å²) in [6, 6.07) is 60.6. The molecule has 1 atom stereocenters. The zero-order chi connectivity index (χ0) is 41.7. The normalized spacial score (nSPS) is 13.5. The van der Waals surface area contributed by atoms with Gasteiger partial charge in [0.1, 0.15) is 11.1 Å². The van der Waals surface area contributed by atoms with Gasteiger partial charge in [-0.2, -0.15) is 0 Å². The Morgan fingerprint density at radius 2 is 0.968 bits per heavy atom. The van der Waals surface area contributed by atoms with Crippen molar-refractivity contribution < 1.29 is 4.42 Å². The van der Waals surface area contributed by atoms with Crippen LogP contribution < -0.4 is 0 Å². The number of nitrogens with zero attached hydrogens (tertiary/aromatic N) is 4. The van der Waals surface area contributed by atoms with Crippen molar-refractivity contribution in [1.29, 1.82) is 0 Å². The fraction of sp³-hybridized carbons (Fsp3) is 0.175. The van der Waals surface area contributed by atoms with Crippen molar-refractivity contribution in [2.45, 2.75) is 64.5 Å². The van der Waals surface area contributed by atoms with Gasteiger partial charge in [-0.1, -0.05) is 124 Å². The Labute approximate surface area is 360 Å². The summed E-state index contributed by atoms with van der Waals surface area (Å²) in [6.45, 7) is 9.50. The molecule has 12 aromatic rings. The Bertz CT molecular complexity index is 3670. The van der Waals surface area contributed by atoms with E-state index in [1.165, 1.54) is 65.5 Å². The summed E-state index contributed by atoms with van der Waals surface area (Å²) in [5.74, 6) is 0. The van der Waals surface area contributed by atoms with E-state index in [-0.39, 0.29) is 11.1 Å². The largest absolute Gasteiger partial charge is 0.452 e. The topological polar surface area (TPSA) is 40.8 Å². The molecule has 0 saturated heterocycles. The lowest BCUT2D eigenvalue weighted by Gasteiger charge is -2.37. The summed E-state index contributed by atoms with van der Waals surface area (Å²) < 4.78 is 14.2. The van der Waals surface area contributed by atoms with E-state index in [4.69, 9.17) is 9.40 Å². The fourth-order valence-electron chi connectivity index (χ4n) is 11.5. The molecule has 7 aromatic carbocycles. The second-order valence-electron chi connectivity index (χ2n) is 17.4. The van der Waals surface area contributed by atoms with Crippen LogP contribution in [0.1, 0.15) is 64.5 Å². The molecule has 62 heavy (non-hydrogen) atoms. The van der Waals surface area contributed by atoms with Crippen LogP contribution in [0.15, 0.2) is 174 Å². The van der Waals surface area contributed by atoms with Crippen molar-refractivity contribution in [3.05, 3.63) is 181 Å². The van der Waals surface area contributed by atoms with Crippen LogP contribution in [0.4, 0.5) is 0 Å². The number of fused-ring (bicyclic) bond motifs is 12. The molecule has 5 heteroatoms.